The van der Waals surface area contributed by atoms with Gasteiger partial charge >= 0.3 is 0 Å². The Morgan fingerprint density at radius 2 is 1.81 bits per heavy atom. The van der Waals surface area contributed by atoms with Crippen molar-refractivity contribution in [2.75, 3.05) is 33.4 Å². The van der Waals surface area contributed by atoms with E-state index in [9.17, 15) is 0 Å². The smallest absolute Gasteiger partial charge is 0.134 e. The molecule has 0 N–H and O–H groups in total. The van der Waals surface area contributed by atoms with Gasteiger partial charge in [-0.1, -0.05) is 19.3 Å². The van der Waals surface area contributed by atoms with Gasteiger partial charge in [-0.2, -0.15) is 0 Å². The molecule has 1 saturated carbocycles. The fourth-order valence-electron chi connectivity index (χ4n) is 2.74. The van der Waals surface area contributed by atoms with Gasteiger partial charge in [0.15, 0.2) is 0 Å². The Morgan fingerprint density at radius 3 is 2.38 bits per heavy atom. The normalized spacial score (nSPS) is 28.8. The molecule has 3 nitrogen and oxygen atoms in total. The standard InChI is InChI=1S/C11H22NO2PS/c1-13-15(16,11-5-3-2-4-6-11)12-7-9-14-10-8-12/h11H,2-10H2,1H3. The molecular formula is C11H22NO2PS. The van der Waals surface area contributed by atoms with Gasteiger partial charge in [0, 0.05) is 25.9 Å². The second kappa shape index (κ2) is 5.92. The van der Waals surface area contributed by atoms with E-state index < -0.39 is 6.42 Å². The first-order valence-electron chi connectivity index (χ1n) is 6.26. The zero-order valence-electron chi connectivity index (χ0n) is 10.1. The number of nitrogens with zero attached hydrogens (tertiary/aromatic N) is 1. The maximum atomic E-state index is 5.90. The van der Waals surface area contributed by atoms with Crippen molar-refractivity contribution >= 4 is 18.2 Å². The van der Waals surface area contributed by atoms with Crippen LogP contribution in [0.2, 0.25) is 0 Å². The first-order chi connectivity index (χ1) is 7.77. The minimum absolute atomic E-state index is 0.624. The SMILES string of the molecule is COP(=S)(C1CCCCC1)N1CCOCC1. The van der Waals surface area contributed by atoms with Crippen LogP contribution < -0.4 is 0 Å². The lowest BCUT2D eigenvalue weighted by Gasteiger charge is -2.42. The fraction of sp³-hybridized carbons (Fsp3) is 1.00. The molecule has 2 rings (SSSR count). The molecule has 1 aliphatic carbocycles. The van der Waals surface area contributed by atoms with Crippen molar-refractivity contribution in [1.29, 1.82) is 0 Å². The summed E-state index contributed by atoms with van der Waals surface area (Å²) >= 11 is 5.90. The van der Waals surface area contributed by atoms with Crippen LogP contribution >= 0.6 is 6.42 Å². The second-order valence-electron chi connectivity index (χ2n) is 4.60. The Kier molecular flexibility index (Phi) is 4.80. The molecular weight excluding hydrogens is 241 g/mol. The van der Waals surface area contributed by atoms with Gasteiger partial charge < -0.3 is 9.26 Å². The van der Waals surface area contributed by atoms with Gasteiger partial charge in [0.25, 0.3) is 0 Å². The van der Waals surface area contributed by atoms with Crippen molar-refractivity contribution in [2.45, 2.75) is 37.8 Å². The zero-order chi connectivity index (χ0) is 11.4. The van der Waals surface area contributed by atoms with Crippen molar-refractivity contribution in [3.63, 3.8) is 0 Å². The number of ether oxygens (including phenoxy) is 1. The van der Waals surface area contributed by atoms with E-state index in [1.54, 1.807) is 0 Å². The highest BCUT2D eigenvalue weighted by Gasteiger charge is 2.36. The summed E-state index contributed by atoms with van der Waals surface area (Å²) in [4.78, 5) is 0. The first kappa shape index (κ1) is 13.0. The van der Waals surface area contributed by atoms with E-state index in [2.05, 4.69) is 4.67 Å². The number of hydrogen-bond acceptors (Lipinski definition) is 3. The third-order valence-electron chi connectivity index (χ3n) is 3.68. The van der Waals surface area contributed by atoms with Crippen LogP contribution in [0.4, 0.5) is 0 Å². The molecule has 1 saturated heterocycles. The van der Waals surface area contributed by atoms with Crippen LogP contribution in [-0.2, 0) is 21.1 Å². The molecule has 0 radical (unpaired) electrons. The van der Waals surface area contributed by atoms with Crippen LogP contribution in [0.5, 0.6) is 0 Å². The Bertz CT molecular complexity index is 241. The Balaban J connectivity index is 2.06. The molecule has 1 heterocycles. The lowest BCUT2D eigenvalue weighted by Crippen LogP contribution is -2.37. The highest BCUT2D eigenvalue weighted by atomic mass is 32.4. The summed E-state index contributed by atoms with van der Waals surface area (Å²) in [5, 5.41) is 0. The molecule has 0 bridgehead atoms. The summed E-state index contributed by atoms with van der Waals surface area (Å²) in [6, 6.07) is 0. The lowest BCUT2D eigenvalue weighted by atomic mass is 10.0. The van der Waals surface area contributed by atoms with Crippen molar-refractivity contribution < 1.29 is 9.26 Å². The van der Waals surface area contributed by atoms with Crippen LogP contribution in [0.15, 0.2) is 0 Å². The van der Waals surface area contributed by atoms with Gasteiger partial charge in [-0.15, -0.1) is 0 Å². The summed E-state index contributed by atoms with van der Waals surface area (Å²) in [5.41, 5.74) is 0.624. The Labute approximate surface area is 104 Å². The summed E-state index contributed by atoms with van der Waals surface area (Å²) in [7, 11) is 1.81. The van der Waals surface area contributed by atoms with E-state index >= 15 is 0 Å². The quantitative estimate of drug-likeness (QED) is 0.730. The third-order valence-corrected chi connectivity index (χ3v) is 8.86. The molecule has 0 aromatic heterocycles. The third kappa shape index (κ3) is 2.68. The zero-order valence-corrected chi connectivity index (χ0v) is 11.8. The molecule has 94 valence electrons. The Morgan fingerprint density at radius 1 is 1.19 bits per heavy atom. The molecule has 0 spiro atoms. The van der Waals surface area contributed by atoms with Gasteiger partial charge in [-0.05, 0) is 24.6 Å². The van der Waals surface area contributed by atoms with E-state index in [4.69, 9.17) is 21.1 Å². The molecule has 1 atom stereocenters. The van der Waals surface area contributed by atoms with Crippen LogP contribution in [0.3, 0.4) is 0 Å². The summed E-state index contributed by atoms with van der Waals surface area (Å²) in [5.74, 6) is 0. The van der Waals surface area contributed by atoms with Crippen LogP contribution in [0.1, 0.15) is 32.1 Å². The van der Waals surface area contributed by atoms with E-state index in [1.165, 1.54) is 32.1 Å². The molecule has 1 unspecified atom stereocenters. The summed E-state index contributed by atoms with van der Waals surface area (Å²) < 4.78 is 13.6. The molecule has 5 heteroatoms. The average Bonchev–Trinajstić information content (AvgIpc) is 2.40. The van der Waals surface area contributed by atoms with Crippen molar-refractivity contribution in [2.24, 2.45) is 0 Å². The number of rotatable bonds is 3. The van der Waals surface area contributed by atoms with Gasteiger partial charge in [0.2, 0.25) is 0 Å². The predicted molar refractivity (Wildman–Crippen MR) is 70.6 cm³/mol. The van der Waals surface area contributed by atoms with Crippen molar-refractivity contribution in [3.8, 4) is 0 Å². The van der Waals surface area contributed by atoms with Gasteiger partial charge in [0.05, 0.1) is 13.2 Å². The molecule has 2 aliphatic rings. The molecule has 1 aliphatic heterocycles. The number of hydrogen-bond donors (Lipinski definition) is 0. The lowest BCUT2D eigenvalue weighted by molar-refractivity contribution is 0.0695. The monoisotopic (exact) mass is 263 g/mol. The van der Waals surface area contributed by atoms with E-state index in [0.717, 1.165) is 26.3 Å². The predicted octanol–water partition coefficient (Wildman–Crippen LogP) is 2.61. The van der Waals surface area contributed by atoms with E-state index in [1.807, 2.05) is 7.11 Å². The first-order valence-corrected chi connectivity index (χ1v) is 9.00. The molecule has 0 aromatic rings. The van der Waals surface area contributed by atoms with E-state index in [-0.39, 0.29) is 0 Å². The van der Waals surface area contributed by atoms with Crippen LogP contribution in [0.25, 0.3) is 0 Å². The minimum Gasteiger partial charge on any atom is -0.379 e. The second-order valence-corrected chi connectivity index (χ2v) is 8.96. The summed E-state index contributed by atoms with van der Waals surface area (Å²) in [6.45, 7) is 3.55. The molecule has 16 heavy (non-hydrogen) atoms. The topological polar surface area (TPSA) is 21.7 Å². The average molecular weight is 263 g/mol. The molecule has 2 fully saturated rings. The van der Waals surface area contributed by atoms with Crippen molar-refractivity contribution in [3.05, 3.63) is 0 Å². The fourth-order valence-corrected chi connectivity index (χ4v) is 6.59. The highest BCUT2D eigenvalue weighted by molar-refractivity contribution is 8.11. The van der Waals surface area contributed by atoms with Gasteiger partial charge in [-0.3, -0.25) is 0 Å². The maximum Gasteiger partial charge on any atom is 0.134 e. The Hall–Kier alpha value is 0.530. The van der Waals surface area contributed by atoms with Crippen molar-refractivity contribution in [1.82, 2.24) is 4.67 Å². The number of morpholine rings is 1. The maximum absolute atomic E-state index is 5.90. The molecule has 0 aromatic carbocycles. The van der Waals surface area contributed by atoms with Gasteiger partial charge in [0.1, 0.15) is 6.42 Å². The van der Waals surface area contributed by atoms with E-state index in [0.29, 0.717) is 5.66 Å². The summed E-state index contributed by atoms with van der Waals surface area (Å²) in [6.07, 6.45) is 4.80. The van der Waals surface area contributed by atoms with Crippen LogP contribution in [0, 0.1) is 0 Å². The highest BCUT2D eigenvalue weighted by Crippen LogP contribution is 2.59. The molecule has 0 amide bonds. The largest absolute Gasteiger partial charge is 0.379 e. The van der Waals surface area contributed by atoms with Crippen LogP contribution in [-0.4, -0.2) is 43.7 Å². The van der Waals surface area contributed by atoms with Gasteiger partial charge in [-0.25, -0.2) is 4.67 Å². The minimum atomic E-state index is -1.76.